The predicted octanol–water partition coefficient (Wildman–Crippen LogP) is 1.93. The Morgan fingerprint density at radius 3 is 2.67 bits per heavy atom. The Kier molecular flexibility index (Phi) is 4.38. The van der Waals surface area contributed by atoms with Crippen molar-refractivity contribution in [1.29, 1.82) is 10.5 Å². The van der Waals surface area contributed by atoms with Crippen LogP contribution in [-0.2, 0) is 0 Å². The lowest BCUT2D eigenvalue weighted by Gasteiger charge is -2.27. The van der Waals surface area contributed by atoms with E-state index < -0.39 is 6.04 Å². The van der Waals surface area contributed by atoms with Crippen LogP contribution in [0.4, 0.5) is 17.3 Å². The van der Waals surface area contributed by atoms with E-state index in [9.17, 15) is 10.4 Å². The molecule has 10 heteroatoms. The second kappa shape index (κ2) is 7.04. The van der Waals surface area contributed by atoms with E-state index in [0.29, 0.717) is 22.3 Å². The summed E-state index contributed by atoms with van der Waals surface area (Å²) >= 11 is 0. The van der Waals surface area contributed by atoms with Crippen molar-refractivity contribution in [1.82, 2.24) is 10.3 Å². The van der Waals surface area contributed by atoms with Gasteiger partial charge in [0.2, 0.25) is 5.96 Å². The summed E-state index contributed by atoms with van der Waals surface area (Å²) in [6.45, 7) is 0. The standard InChI is InChI=1S/C20H16N8O2/c1-30-10-4-2-9-3-5-13(29)14(11(9)6-10)17-15-16(23)12(7-21)18(24)27-19(15)28-20(26-17)25-8-22/h2-6,17,29H,1H3,(H6,23,24,25,26,27,28). The third-order valence-corrected chi connectivity index (χ3v) is 4.88. The van der Waals surface area contributed by atoms with Gasteiger partial charge in [0.05, 0.1) is 12.8 Å². The lowest BCUT2D eigenvalue weighted by molar-refractivity contribution is 0.415. The Morgan fingerprint density at radius 1 is 1.20 bits per heavy atom. The quantitative estimate of drug-likeness (QED) is 0.317. The highest BCUT2D eigenvalue weighted by molar-refractivity contribution is 6.00. The molecule has 0 spiro atoms. The number of nitrogens with two attached hydrogens (primary N) is 2. The van der Waals surface area contributed by atoms with Gasteiger partial charge in [-0.2, -0.15) is 10.5 Å². The van der Waals surface area contributed by atoms with Gasteiger partial charge >= 0.3 is 0 Å². The van der Waals surface area contributed by atoms with Crippen molar-refractivity contribution in [3.63, 3.8) is 0 Å². The number of guanidine groups is 1. The average Bonchev–Trinajstić information content (AvgIpc) is 2.73. The van der Waals surface area contributed by atoms with Crippen molar-refractivity contribution in [2.75, 3.05) is 23.9 Å². The number of methoxy groups -OCH3 is 1. The summed E-state index contributed by atoms with van der Waals surface area (Å²) in [5.41, 5.74) is 13.0. The van der Waals surface area contributed by atoms with Crippen LogP contribution in [0.2, 0.25) is 0 Å². The number of aliphatic imine (C=N–C) groups is 1. The number of phenolic OH excluding ortho intramolecular Hbond substituents is 1. The summed E-state index contributed by atoms with van der Waals surface area (Å²) in [6.07, 6.45) is 1.79. The molecule has 2 aromatic carbocycles. The summed E-state index contributed by atoms with van der Waals surface area (Å²) in [5.74, 6) is 0.834. The molecule has 30 heavy (non-hydrogen) atoms. The van der Waals surface area contributed by atoms with Crippen LogP contribution in [0, 0.1) is 22.8 Å². The summed E-state index contributed by atoms with van der Waals surface area (Å²) in [7, 11) is 1.54. The van der Waals surface area contributed by atoms with E-state index >= 15 is 0 Å². The maximum atomic E-state index is 10.8. The highest BCUT2D eigenvalue weighted by Gasteiger charge is 2.32. The van der Waals surface area contributed by atoms with Gasteiger partial charge in [0.25, 0.3) is 0 Å². The zero-order chi connectivity index (χ0) is 21.4. The van der Waals surface area contributed by atoms with Crippen LogP contribution in [0.1, 0.15) is 22.7 Å². The molecule has 0 saturated carbocycles. The van der Waals surface area contributed by atoms with Crippen LogP contribution in [-0.4, -0.2) is 23.2 Å². The average molecular weight is 400 g/mol. The van der Waals surface area contributed by atoms with Crippen molar-refractivity contribution >= 4 is 34.1 Å². The number of anilines is 3. The molecule has 0 saturated heterocycles. The third-order valence-electron chi connectivity index (χ3n) is 4.88. The van der Waals surface area contributed by atoms with Gasteiger partial charge in [-0.3, -0.25) is 5.32 Å². The number of hydrogen-bond donors (Lipinski definition) is 5. The normalized spacial score (nSPS) is 14.6. The van der Waals surface area contributed by atoms with Gasteiger partial charge in [0.15, 0.2) is 6.19 Å². The van der Waals surface area contributed by atoms with E-state index in [1.54, 1.807) is 37.6 Å². The third kappa shape index (κ3) is 2.80. The minimum atomic E-state index is -0.867. The molecule has 148 valence electrons. The molecule has 10 nitrogen and oxygen atoms in total. The van der Waals surface area contributed by atoms with Crippen molar-refractivity contribution < 1.29 is 9.84 Å². The van der Waals surface area contributed by atoms with Gasteiger partial charge in [-0.15, -0.1) is 0 Å². The predicted molar refractivity (Wildman–Crippen MR) is 112 cm³/mol. The monoisotopic (exact) mass is 400 g/mol. The summed E-state index contributed by atoms with van der Waals surface area (Å²) < 4.78 is 5.33. The van der Waals surface area contributed by atoms with Gasteiger partial charge in [-0.25, -0.2) is 9.98 Å². The van der Waals surface area contributed by atoms with Crippen molar-refractivity contribution in [2.45, 2.75) is 6.04 Å². The number of phenols is 1. The van der Waals surface area contributed by atoms with E-state index in [4.69, 9.17) is 21.5 Å². The number of fused-ring (bicyclic) bond motifs is 2. The number of nitrogens with zero attached hydrogens (tertiary/aromatic N) is 4. The summed E-state index contributed by atoms with van der Waals surface area (Å²) in [4.78, 5) is 8.74. The van der Waals surface area contributed by atoms with Crippen LogP contribution in [0.15, 0.2) is 35.3 Å². The van der Waals surface area contributed by atoms with E-state index in [1.165, 1.54) is 0 Å². The van der Waals surface area contributed by atoms with Crippen molar-refractivity contribution in [3.8, 4) is 23.8 Å². The van der Waals surface area contributed by atoms with Gasteiger partial charge < -0.3 is 26.6 Å². The number of nitrogen functional groups attached to an aromatic ring is 2. The van der Waals surface area contributed by atoms with E-state index in [-0.39, 0.29) is 34.6 Å². The lowest BCUT2D eigenvalue weighted by Crippen LogP contribution is -2.32. The van der Waals surface area contributed by atoms with Gasteiger partial charge in [-0.05, 0) is 29.0 Å². The number of aromatic hydroxyl groups is 1. The van der Waals surface area contributed by atoms with Crippen molar-refractivity contribution in [3.05, 3.63) is 47.0 Å². The molecule has 1 aliphatic rings. The van der Waals surface area contributed by atoms with E-state index in [0.717, 1.165) is 5.39 Å². The van der Waals surface area contributed by atoms with Gasteiger partial charge in [0, 0.05) is 11.1 Å². The highest BCUT2D eigenvalue weighted by Crippen LogP contribution is 2.45. The number of nitrogens with one attached hydrogen (secondary N) is 2. The Bertz CT molecular complexity index is 1300. The van der Waals surface area contributed by atoms with Gasteiger partial charge in [-0.1, -0.05) is 12.1 Å². The highest BCUT2D eigenvalue weighted by atomic mass is 16.5. The molecule has 0 aliphatic carbocycles. The molecule has 0 amide bonds. The Labute approximate surface area is 171 Å². The molecule has 0 fully saturated rings. The summed E-state index contributed by atoms with van der Waals surface area (Å²) in [5, 5.41) is 36.1. The van der Waals surface area contributed by atoms with Crippen LogP contribution in [0.25, 0.3) is 10.8 Å². The minimum Gasteiger partial charge on any atom is -0.508 e. The molecule has 1 atom stereocenters. The minimum absolute atomic E-state index is 0.0183. The molecule has 7 N–H and O–H groups in total. The number of aromatic nitrogens is 1. The molecule has 0 radical (unpaired) electrons. The first-order chi connectivity index (χ1) is 14.5. The SMILES string of the molecule is COc1ccc2ccc(O)c(C3N=C(NC#N)Nc4nc(N)c(C#N)c(N)c43)c2c1. The van der Waals surface area contributed by atoms with Crippen LogP contribution in [0.3, 0.4) is 0 Å². The Morgan fingerprint density at radius 2 is 1.97 bits per heavy atom. The first kappa shape index (κ1) is 18.7. The fourth-order valence-electron chi connectivity index (χ4n) is 3.51. The molecule has 3 aromatic rings. The van der Waals surface area contributed by atoms with E-state index in [1.807, 2.05) is 12.1 Å². The number of ether oxygens (including phenoxy) is 1. The number of benzene rings is 2. The second-order valence-corrected chi connectivity index (χ2v) is 6.49. The fourth-order valence-corrected chi connectivity index (χ4v) is 3.51. The topological polar surface area (TPSA) is 178 Å². The maximum absolute atomic E-state index is 10.8. The second-order valence-electron chi connectivity index (χ2n) is 6.49. The Balaban J connectivity index is 2.07. The van der Waals surface area contributed by atoms with Crippen molar-refractivity contribution in [2.24, 2.45) is 4.99 Å². The lowest BCUT2D eigenvalue weighted by atomic mass is 9.90. The molecule has 1 aromatic heterocycles. The number of hydrogen-bond acceptors (Lipinski definition) is 10. The zero-order valence-electron chi connectivity index (χ0n) is 15.8. The van der Waals surface area contributed by atoms with Crippen LogP contribution >= 0.6 is 0 Å². The molecule has 1 unspecified atom stereocenters. The van der Waals surface area contributed by atoms with E-state index in [2.05, 4.69) is 20.6 Å². The smallest absolute Gasteiger partial charge is 0.211 e. The molecule has 1 aliphatic heterocycles. The largest absolute Gasteiger partial charge is 0.508 e. The molecule has 4 rings (SSSR count). The maximum Gasteiger partial charge on any atom is 0.211 e. The first-order valence-corrected chi connectivity index (χ1v) is 8.77. The van der Waals surface area contributed by atoms with Crippen LogP contribution < -0.4 is 26.8 Å². The number of rotatable bonds is 2. The molecular weight excluding hydrogens is 384 g/mol. The zero-order valence-corrected chi connectivity index (χ0v) is 15.8. The first-order valence-electron chi connectivity index (χ1n) is 8.77. The number of nitriles is 2. The molecule has 2 heterocycles. The molecular formula is C20H16N8O2. The summed E-state index contributed by atoms with van der Waals surface area (Å²) in [6, 6.07) is 9.82. The Hall–Kier alpha value is -4.70. The fraction of sp³-hybridized carbons (Fsp3) is 0.100. The van der Waals surface area contributed by atoms with Crippen LogP contribution in [0.5, 0.6) is 11.5 Å². The molecule has 0 bridgehead atoms. The van der Waals surface area contributed by atoms with Gasteiger partial charge in [0.1, 0.15) is 40.8 Å². The number of pyridine rings is 1.